The highest BCUT2D eigenvalue weighted by Crippen LogP contribution is 2.48. The van der Waals surface area contributed by atoms with Gasteiger partial charge in [0.25, 0.3) is 0 Å². The average molecular weight is 352 g/mol. The van der Waals surface area contributed by atoms with Gasteiger partial charge in [-0.15, -0.1) is 0 Å². The molecule has 0 radical (unpaired) electrons. The zero-order chi connectivity index (χ0) is 18.1. The molecule has 1 atom stereocenters. The van der Waals surface area contributed by atoms with E-state index in [0.29, 0.717) is 6.42 Å². The minimum absolute atomic E-state index is 0.0717. The van der Waals surface area contributed by atoms with Crippen LogP contribution < -0.4 is 0 Å². The highest BCUT2D eigenvalue weighted by Gasteiger charge is 2.52. The summed E-state index contributed by atoms with van der Waals surface area (Å²) in [6.07, 6.45) is 2.57. The summed E-state index contributed by atoms with van der Waals surface area (Å²) in [5.41, 5.74) is 2.34. The third-order valence-electron chi connectivity index (χ3n) is 6.31. The number of carbonyl (C=O) groups excluding carboxylic acids is 1. The summed E-state index contributed by atoms with van der Waals surface area (Å²) in [5.74, 6) is 0.336. The molecule has 2 heterocycles. The maximum Gasteiger partial charge on any atom is 0.223 e. The van der Waals surface area contributed by atoms with Gasteiger partial charge < -0.3 is 4.90 Å². The van der Waals surface area contributed by atoms with Gasteiger partial charge in [0.1, 0.15) is 5.82 Å². The van der Waals surface area contributed by atoms with Gasteiger partial charge in [-0.2, -0.15) is 0 Å². The molecule has 0 N–H and O–H groups in total. The smallest absolute Gasteiger partial charge is 0.223 e. The number of piperidine rings is 1. The molecule has 0 bridgehead atoms. The van der Waals surface area contributed by atoms with Gasteiger partial charge in [-0.05, 0) is 36.1 Å². The van der Waals surface area contributed by atoms with Crippen LogP contribution in [0.4, 0.5) is 4.39 Å². The fourth-order valence-electron chi connectivity index (χ4n) is 4.73. The molecule has 26 heavy (non-hydrogen) atoms. The van der Waals surface area contributed by atoms with Crippen molar-refractivity contribution in [3.63, 3.8) is 0 Å². The number of likely N-dealkylation sites (N-methyl/N-ethyl adjacent to an activating group) is 1. The lowest BCUT2D eigenvalue weighted by Gasteiger charge is -2.47. The molecule has 0 unspecified atom stereocenters. The minimum Gasteiger partial charge on any atom is -0.339 e. The summed E-state index contributed by atoms with van der Waals surface area (Å²) in [7, 11) is 1.97. The maximum atomic E-state index is 13.1. The second-order valence-corrected chi connectivity index (χ2v) is 7.63. The highest BCUT2D eigenvalue weighted by molar-refractivity contribution is 5.81. The Morgan fingerprint density at radius 3 is 2.35 bits per heavy atom. The third kappa shape index (κ3) is 3.03. The number of hydrogen-bond donors (Lipinski definition) is 0. The molecule has 2 aromatic rings. The predicted molar refractivity (Wildman–Crippen MR) is 100 cm³/mol. The van der Waals surface area contributed by atoms with Crippen molar-refractivity contribution >= 4 is 5.91 Å². The quantitative estimate of drug-likeness (QED) is 0.839. The second kappa shape index (κ2) is 6.84. The average Bonchev–Trinajstić information content (AvgIpc) is 2.91. The SMILES string of the molecule is CN1C(=O)C[C@@H](c2ccccc2)C12CCN(Cc1ccc(F)cc1)CC2. The van der Waals surface area contributed by atoms with E-state index < -0.39 is 0 Å². The van der Waals surface area contributed by atoms with Gasteiger partial charge in [-0.25, -0.2) is 4.39 Å². The summed E-state index contributed by atoms with van der Waals surface area (Å²) in [5, 5.41) is 0. The van der Waals surface area contributed by atoms with Gasteiger partial charge in [-0.1, -0.05) is 42.5 Å². The van der Waals surface area contributed by atoms with Crippen LogP contribution in [0.5, 0.6) is 0 Å². The van der Waals surface area contributed by atoms with E-state index in [2.05, 4.69) is 29.2 Å². The first-order valence-corrected chi connectivity index (χ1v) is 9.37. The van der Waals surface area contributed by atoms with Crippen LogP contribution in [0.25, 0.3) is 0 Å². The van der Waals surface area contributed by atoms with Gasteiger partial charge in [-0.3, -0.25) is 9.69 Å². The second-order valence-electron chi connectivity index (χ2n) is 7.63. The summed E-state index contributed by atoms with van der Waals surface area (Å²) >= 11 is 0. The van der Waals surface area contributed by atoms with Crippen LogP contribution in [-0.4, -0.2) is 41.4 Å². The van der Waals surface area contributed by atoms with E-state index in [1.54, 1.807) is 0 Å². The lowest BCUT2D eigenvalue weighted by molar-refractivity contribution is -0.130. The molecule has 4 rings (SSSR count). The first-order chi connectivity index (χ1) is 12.6. The number of carbonyl (C=O) groups is 1. The molecule has 0 saturated carbocycles. The number of rotatable bonds is 3. The van der Waals surface area contributed by atoms with Gasteiger partial charge in [0.05, 0.1) is 5.54 Å². The molecule has 2 saturated heterocycles. The van der Waals surface area contributed by atoms with Crippen molar-refractivity contribution in [2.24, 2.45) is 0 Å². The first-order valence-electron chi connectivity index (χ1n) is 9.37. The summed E-state index contributed by atoms with van der Waals surface area (Å²) < 4.78 is 13.1. The highest BCUT2D eigenvalue weighted by atomic mass is 19.1. The summed E-state index contributed by atoms with van der Waals surface area (Å²) in [6.45, 7) is 2.75. The Hall–Kier alpha value is -2.20. The van der Waals surface area contributed by atoms with Gasteiger partial charge in [0.15, 0.2) is 0 Å². The van der Waals surface area contributed by atoms with E-state index in [1.807, 2.05) is 30.1 Å². The van der Waals surface area contributed by atoms with Crippen molar-refractivity contribution < 1.29 is 9.18 Å². The predicted octanol–water partition coefficient (Wildman–Crippen LogP) is 3.81. The van der Waals surface area contributed by atoms with E-state index in [0.717, 1.165) is 38.0 Å². The molecule has 3 nitrogen and oxygen atoms in total. The molecule has 0 aromatic heterocycles. The Bertz CT molecular complexity index is 766. The van der Waals surface area contributed by atoms with Crippen LogP contribution in [-0.2, 0) is 11.3 Å². The van der Waals surface area contributed by atoms with Crippen LogP contribution in [0.3, 0.4) is 0 Å². The standard InChI is InChI=1S/C22H25FN2O/c1-24-21(26)15-20(18-5-3-2-4-6-18)22(24)11-13-25(14-12-22)16-17-7-9-19(23)10-8-17/h2-10,20H,11-16H2,1H3/t20-/m0/s1. The molecule has 2 aromatic carbocycles. The molecular formula is C22H25FN2O. The molecule has 1 amide bonds. The molecule has 1 spiro atoms. The largest absolute Gasteiger partial charge is 0.339 e. The number of benzene rings is 2. The molecule has 4 heteroatoms. The van der Waals surface area contributed by atoms with Crippen molar-refractivity contribution in [1.82, 2.24) is 9.80 Å². The van der Waals surface area contributed by atoms with Crippen LogP contribution in [0.15, 0.2) is 54.6 Å². The zero-order valence-electron chi connectivity index (χ0n) is 15.2. The van der Waals surface area contributed by atoms with Crippen LogP contribution in [0.1, 0.15) is 36.3 Å². The topological polar surface area (TPSA) is 23.6 Å². The summed E-state index contributed by atoms with van der Waals surface area (Å²) in [6, 6.07) is 17.2. The Balaban J connectivity index is 1.50. The van der Waals surface area contributed by atoms with Crippen molar-refractivity contribution in [2.75, 3.05) is 20.1 Å². The number of hydrogen-bond acceptors (Lipinski definition) is 2. The van der Waals surface area contributed by atoms with E-state index in [1.165, 1.54) is 17.7 Å². The Morgan fingerprint density at radius 1 is 1.04 bits per heavy atom. The Labute approximate surface area is 154 Å². The van der Waals surface area contributed by atoms with Crippen LogP contribution in [0, 0.1) is 5.82 Å². The number of halogens is 1. The molecule has 2 aliphatic heterocycles. The molecule has 0 aliphatic carbocycles. The number of amides is 1. The van der Waals surface area contributed by atoms with Gasteiger partial charge in [0, 0.05) is 39.0 Å². The minimum atomic E-state index is -0.192. The molecule has 2 aliphatic rings. The zero-order valence-corrected chi connectivity index (χ0v) is 15.2. The van der Waals surface area contributed by atoms with Crippen molar-refractivity contribution in [2.45, 2.75) is 37.3 Å². The van der Waals surface area contributed by atoms with E-state index in [9.17, 15) is 9.18 Å². The van der Waals surface area contributed by atoms with Gasteiger partial charge in [0.2, 0.25) is 5.91 Å². The van der Waals surface area contributed by atoms with Crippen molar-refractivity contribution in [3.05, 3.63) is 71.5 Å². The van der Waals surface area contributed by atoms with E-state index in [4.69, 9.17) is 0 Å². The number of nitrogens with zero attached hydrogens (tertiary/aromatic N) is 2. The monoisotopic (exact) mass is 352 g/mol. The molecule has 136 valence electrons. The van der Waals surface area contributed by atoms with E-state index in [-0.39, 0.29) is 23.2 Å². The Morgan fingerprint density at radius 2 is 1.69 bits per heavy atom. The van der Waals surface area contributed by atoms with Crippen LogP contribution in [0.2, 0.25) is 0 Å². The lowest BCUT2D eigenvalue weighted by atomic mass is 9.73. The fraction of sp³-hybridized carbons (Fsp3) is 0.409. The van der Waals surface area contributed by atoms with E-state index >= 15 is 0 Å². The third-order valence-corrected chi connectivity index (χ3v) is 6.31. The van der Waals surface area contributed by atoms with Gasteiger partial charge >= 0.3 is 0 Å². The normalized spacial score (nSPS) is 22.9. The van der Waals surface area contributed by atoms with Crippen LogP contribution >= 0.6 is 0 Å². The maximum absolute atomic E-state index is 13.1. The van der Waals surface area contributed by atoms with Crippen molar-refractivity contribution in [1.29, 1.82) is 0 Å². The number of likely N-dealkylation sites (tertiary alicyclic amines) is 2. The molecular weight excluding hydrogens is 327 g/mol. The Kier molecular flexibility index (Phi) is 4.53. The summed E-state index contributed by atoms with van der Waals surface area (Å²) in [4.78, 5) is 16.9. The van der Waals surface area contributed by atoms with Crippen molar-refractivity contribution in [3.8, 4) is 0 Å². The lowest BCUT2D eigenvalue weighted by Crippen LogP contribution is -2.53. The fourth-order valence-corrected chi connectivity index (χ4v) is 4.73. The molecule has 2 fully saturated rings. The first kappa shape index (κ1) is 17.2.